The third-order valence-corrected chi connectivity index (χ3v) is 5.13. The van der Waals surface area contributed by atoms with Crippen molar-refractivity contribution in [2.45, 2.75) is 25.2 Å². The number of hydrogen-bond donors (Lipinski definition) is 0. The van der Waals surface area contributed by atoms with Gasteiger partial charge in [-0.25, -0.2) is 0 Å². The normalized spacial score (nSPS) is 13.3. The van der Waals surface area contributed by atoms with Crippen molar-refractivity contribution in [1.29, 1.82) is 0 Å². The Morgan fingerprint density at radius 2 is 1.73 bits per heavy atom. The Morgan fingerprint density at radius 3 is 2.20 bits per heavy atom. The topological polar surface area (TPSA) is 0 Å². The van der Waals surface area contributed by atoms with Gasteiger partial charge in [0.1, 0.15) is 0 Å². The molecule has 0 spiro atoms. The Balaban J connectivity index is 3.23. The fourth-order valence-corrected chi connectivity index (χ4v) is 3.83. The summed E-state index contributed by atoms with van der Waals surface area (Å²) in [5, 5.41) is 0. The molecular weight excluding hydrogens is 196 g/mol. The highest BCUT2D eigenvalue weighted by atomic mass is 28.3. The third kappa shape index (κ3) is 2.69. The lowest BCUT2D eigenvalue weighted by Gasteiger charge is -2.27. The van der Waals surface area contributed by atoms with Crippen molar-refractivity contribution in [2.24, 2.45) is 0 Å². The van der Waals surface area contributed by atoms with Crippen LogP contribution in [0.5, 0.6) is 0 Å². The lowest BCUT2D eigenvalue weighted by molar-refractivity contribution is 1.13. The Hall–Kier alpha value is -1.08. The Morgan fingerprint density at radius 1 is 1.13 bits per heavy atom. The fourth-order valence-electron chi connectivity index (χ4n) is 1.93. The Bertz CT molecular complexity index is 358. The Kier molecular flexibility index (Phi) is 3.70. The first-order chi connectivity index (χ1) is 7.00. The van der Waals surface area contributed by atoms with Crippen LogP contribution in [0.2, 0.25) is 19.6 Å². The molecule has 0 nitrogen and oxygen atoms in total. The van der Waals surface area contributed by atoms with Crippen molar-refractivity contribution in [3.05, 3.63) is 54.6 Å². The van der Waals surface area contributed by atoms with E-state index in [-0.39, 0.29) is 0 Å². The molecule has 0 aromatic heterocycles. The zero-order chi connectivity index (χ0) is 11.5. The zero-order valence-corrected chi connectivity index (χ0v) is 11.0. The SMILES string of the molecule is C=Cc1ccccc1C(C=C)[Si](C)(C)C. The minimum absolute atomic E-state index is 0.506. The van der Waals surface area contributed by atoms with Crippen molar-refractivity contribution in [2.75, 3.05) is 0 Å². The molecule has 0 heterocycles. The second kappa shape index (κ2) is 4.62. The van der Waals surface area contributed by atoms with Gasteiger partial charge in [-0.3, -0.25) is 0 Å². The monoisotopic (exact) mass is 216 g/mol. The first-order valence-electron chi connectivity index (χ1n) is 5.34. The molecule has 15 heavy (non-hydrogen) atoms. The minimum Gasteiger partial charge on any atom is -0.103 e. The van der Waals surface area contributed by atoms with Crippen LogP contribution in [0.15, 0.2) is 43.5 Å². The van der Waals surface area contributed by atoms with E-state index in [4.69, 9.17) is 0 Å². The molecule has 0 N–H and O–H groups in total. The molecule has 0 amide bonds. The smallest absolute Gasteiger partial charge is 0.0565 e. The summed E-state index contributed by atoms with van der Waals surface area (Å²) in [6, 6.07) is 8.48. The molecule has 0 saturated carbocycles. The number of hydrogen-bond acceptors (Lipinski definition) is 0. The van der Waals surface area contributed by atoms with E-state index in [1.807, 2.05) is 6.08 Å². The van der Waals surface area contributed by atoms with Crippen LogP contribution in [-0.2, 0) is 0 Å². The first kappa shape index (κ1) is 12.0. The molecule has 0 aliphatic carbocycles. The van der Waals surface area contributed by atoms with Crippen LogP contribution in [0, 0.1) is 0 Å². The number of benzene rings is 1. The molecular formula is C14H20Si. The van der Waals surface area contributed by atoms with Gasteiger partial charge in [-0.2, -0.15) is 0 Å². The van der Waals surface area contributed by atoms with Crippen molar-refractivity contribution in [3.63, 3.8) is 0 Å². The summed E-state index contributed by atoms with van der Waals surface area (Å²) in [5.41, 5.74) is 3.12. The quantitative estimate of drug-likeness (QED) is 0.514. The summed E-state index contributed by atoms with van der Waals surface area (Å²) in [4.78, 5) is 0. The van der Waals surface area contributed by atoms with Crippen LogP contribution in [0.3, 0.4) is 0 Å². The third-order valence-electron chi connectivity index (χ3n) is 2.72. The van der Waals surface area contributed by atoms with Crippen LogP contribution >= 0.6 is 0 Å². The molecule has 1 rings (SSSR count). The van der Waals surface area contributed by atoms with E-state index >= 15 is 0 Å². The van der Waals surface area contributed by atoms with E-state index in [2.05, 4.69) is 63.1 Å². The standard InChI is InChI=1S/C14H20Si/c1-6-12-10-8-9-11-13(12)14(7-2)15(3,4)5/h6-11,14H,1-2H2,3-5H3. The Labute approximate surface area is 94.4 Å². The van der Waals surface area contributed by atoms with Crippen LogP contribution in [0.1, 0.15) is 16.7 Å². The molecule has 0 aliphatic heterocycles. The number of rotatable bonds is 4. The maximum absolute atomic E-state index is 3.98. The van der Waals surface area contributed by atoms with Gasteiger partial charge >= 0.3 is 0 Å². The van der Waals surface area contributed by atoms with Crippen molar-refractivity contribution < 1.29 is 0 Å². The van der Waals surface area contributed by atoms with Crippen LogP contribution in [-0.4, -0.2) is 8.07 Å². The van der Waals surface area contributed by atoms with Crippen LogP contribution in [0.25, 0.3) is 6.08 Å². The molecule has 1 unspecified atom stereocenters. The average Bonchev–Trinajstić information content (AvgIpc) is 2.17. The predicted octanol–water partition coefficient (Wildman–Crippen LogP) is 4.48. The van der Waals surface area contributed by atoms with Crippen molar-refractivity contribution >= 4 is 14.1 Å². The minimum atomic E-state index is -1.24. The van der Waals surface area contributed by atoms with Gasteiger partial charge in [-0.05, 0) is 16.7 Å². The highest BCUT2D eigenvalue weighted by molar-refractivity contribution is 6.78. The average molecular weight is 216 g/mol. The summed E-state index contributed by atoms with van der Waals surface area (Å²) in [5.74, 6) is 0. The van der Waals surface area contributed by atoms with Gasteiger partial charge in [-0.15, -0.1) is 6.58 Å². The maximum atomic E-state index is 3.98. The van der Waals surface area contributed by atoms with Gasteiger partial charge in [-0.1, -0.05) is 62.6 Å². The van der Waals surface area contributed by atoms with E-state index < -0.39 is 8.07 Å². The summed E-state index contributed by atoms with van der Waals surface area (Å²) in [7, 11) is -1.24. The van der Waals surface area contributed by atoms with Crippen molar-refractivity contribution in [1.82, 2.24) is 0 Å². The van der Waals surface area contributed by atoms with Gasteiger partial charge in [0.2, 0.25) is 0 Å². The molecule has 1 heteroatoms. The molecule has 0 radical (unpaired) electrons. The van der Waals surface area contributed by atoms with Crippen LogP contribution < -0.4 is 0 Å². The molecule has 0 saturated heterocycles. The zero-order valence-electron chi connectivity index (χ0n) is 9.96. The fraction of sp³-hybridized carbons (Fsp3) is 0.286. The first-order valence-corrected chi connectivity index (χ1v) is 8.92. The lowest BCUT2D eigenvalue weighted by atomic mass is 10.0. The van der Waals surface area contributed by atoms with E-state index in [9.17, 15) is 0 Å². The van der Waals surface area contributed by atoms with Crippen molar-refractivity contribution in [3.8, 4) is 0 Å². The summed E-state index contributed by atoms with van der Waals surface area (Å²) in [6.45, 7) is 15.0. The highest BCUT2D eigenvalue weighted by Gasteiger charge is 2.26. The molecule has 1 aromatic rings. The predicted molar refractivity (Wildman–Crippen MR) is 72.8 cm³/mol. The van der Waals surface area contributed by atoms with Gasteiger partial charge < -0.3 is 0 Å². The highest BCUT2D eigenvalue weighted by Crippen LogP contribution is 2.30. The second-order valence-electron chi connectivity index (χ2n) is 4.91. The maximum Gasteiger partial charge on any atom is 0.0565 e. The second-order valence-corrected chi connectivity index (χ2v) is 10.3. The van der Waals surface area contributed by atoms with E-state index in [0.717, 1.165) is 0 Å². The molecule has 0 aliphatic rings. The molecule has 1 aromatic carbocycles. The van der Waals surface area contributed by atoms with E-state index in [0.29, 0.717) is 5.54 Å². The summed E-state index contributed by atoms with van der Waals surface area (Å²) < 4.78 is 0. The van der Waals surface area contributed by atoms with Crippen LogP contribution in [0.4, 0.5) is 0 Å². The van der Waals surface area contributed by atoms with E-state index in [1.165, 1.54) is 11.1 Å². The van der Waals surface area contributed by atoms with Gasteiger partial charge in [0.15, 0.2) is 0 Å². The summed E-state index contributed by atoms with van der Waals surface area (Å²) >= 11 is 0. The van der Waals surface area contributed by atoms with Gasteiger partial charge in [0, 0.05) is 0 Å². The molecule has 0 fully saturated rings. The van der Waals surface area contributed by atoms with Gasteiger partial charge in [0.25, 0.3) is 0 Å². The number of allylic oxidation sites excluding steroid dienone is 1. The van der Waals surface area contributed by atoms with Gasteiger partial charge in [0.05, 0.1) is 8.07 Å². The largest absolute Gasteiger partial charge is 0.103 e. The summed E-state index contributed by atoms with van der Waals surface area (Å²) in [6.07, 6.45) is 4.03. The lowest BCUT2D eigenvalue weighted by Crippen LogP contribution is -2.29. The molecule has 80 valence electrons. The van der Waals surface area contributed by atoms with E-state index in [1.54, 1.807) is 0 Å². The molecule has 0 bridgehead atoms. The molecule has 1 atom stereocenters.